The van der Waals surface area contributed by atoms with E-state index in [1.807, 2.05) is 0 Å². The molecule has 0 bridgehead atoms. The normalized spacial score (nSPS) is 16.1. The average Bonchev–Trinajstić information content (AvgIpc) is 2.69. The lowest BCUT2D eigenvalue weighted by Gasteiger charge is -2.30. The minimum absolute atomic E-state index is 0.0528. The molecule has 1 atom stereocenters. The topological polar surface area (TPSA) is 152 Å². The van der Waals surface area contributed by atoms with Crippen molar-refractivity contribution in [2.24, 2.45) is 5.73 Å². The second kappa shape index (κ2) is 9.55. The summed E-state index contributed by atoms with van der Waals surface area (Å²) in [4.78, 5) is 34.4. The number of carbonyl (C=O) groups excluding carboxylic acids is 2. The van der Waals surface area contributed by atoms with Gasteiger partial charge in [-0.1, -0.05) is 12.1 Å². The first-order valence-electron chi connectivity index (χ1n) is 8.51. The third-order valence-corrected chi connectivity index (χ3v) is 3.94. The summed E-state index contributed by atoms with van der Waals surface area (Å²) in [5.41, 5.74) is 6.36. The van der Waals surface area contributed by atoms with E-state index in [-0.39, 0.29) is 30.4 Å². The lowest BCUT2D eigenvalue weighted by molar-refractivity contribution is -0.384. The van der Waals surface area contributed by atoms with Gasteiger partial charge < -0.3 is 30.0 Å². The van der Waals surface area contributed by atoms with Gasteiger partial charge in [0, 0.05) is 18.7 Å². The second-order valence-corrected chi connectivity index (χ2v) is 5.93. The molecule has 1 aliphatic heterocycles. The van der Waals surface area contributed by atoms with Crippen LogP contribution in [0.15, 0.2) is 47.2 Å². The summed E-state index contributed by atoms with van der Waals surface area (Å²) in [7, 11) is 1.14. The van der Waals surface area contributed by atoms with Crippen LogP contribution in [0.4, 0.5) is 15.3 Å². The molecule has 156 valence electrons. The van der Waals surface area contributed by atoms with Crippen LogP contribution in [-0.4, -0.2) is 37.5 Å². The van der Waals surface area contributed by atoms with Crippen LogP contribution in [-0.2, 0) is 18.9 Å². The quantitative estimate of drug-likeness (QED) is 0.409. The molecule has 11 heteroatoms. The highest BCUT2D eigenvalue weighted by atomic mass is 16.7. The Labute approximate surface area is 166 Å². The number of hydrogen-bond donors (Lipinski definition) is 2. The number of carbonyl (C=O) groups is 2. The summed E-state index contributed by atoms with van der Waals surface area (Å²) < 4.78 is 20.0. The molecule has 1 heterocycles. The molecule has 1 aliphatic rings. The van der Waals surface area contributed by atoms with E-state index < -0.39 is 23.2 Å². The largest absolute Gasteiger partial charge is 0.513 e. The summed E-state index contributed by atoms with van der Waals surface area (Å²) in [6, 6.07) is 5.67. The monoisotopic (exact) mass is 407 g/mol. The Balaban J connectivity index is 2.53. The summed E-state index contributed by atoms with van der Waals surface area (Å²) in [5.74, 6) is -0.831. The number of non-ortho nitro benzene ring substituents is 1. The number of nitrogens with zero attached hydrogens (tertiary/aromatic N) is 1. The fraction of sp³-hybridized carbons (Fsp3) is 0.333. The number of nitrogens with two attached hydrogens (primary N) is 1. The summed E-state index contributed by atoms with van der Waals surface area (Å²) in [5, 5.41) is 14.1. The summed E-state index contributed by atoms with van der Waals surface area (Å²) in [6.45, 7) is 3.32. The van der Waals surface area contributed by atoms with Gasteiger partial charge in [0.25, 0.3) is 5.69 Å². The number of hydrogen-bond acceptors (Lipinski definition) is 10. The van der Waals surface area contributed by atoms with Gasteiger partial charge in [-0.3, -0.25) is 10.1 Å². The number of ether oxygens (including phenoxy) is 4. The fourth-order valence-electron chi connectivity index (χ4n) is 2.74. The summed E-state index contributed by atoms with van der Waals surface area (Å²) in [6.07, 6.45) is -2.01. The van der Waals surface area contributed by atoms with Crippen LogP contribution >= 0.6 is 0 Å². The minimum atomic E-state index is -1.01. The maximum atomic E-state index is 12.0. The molecule has 0 saturated heterocycles. The molecule has 29 heavy (non-hydrogen) atoms. The van der Waals surface area contributed by atoms with Gasteiger partial charge in [-0.15, -0.1) is 0 Å². The molecule has 11 nitrogen and oxygen atoms in total. The van der Waals surface area contributed by atoms with Crippen LogP contribution in [0.25, 0.3) is 0 Å². The minimum Gasteiger partial charge on any atom is -0.437 e. The number of methoxy groups -OCH3 is 1. The average molecular weight is 407 g/mol. The van der Waals surface area contributed by atoms with E-state index in [0.29, 0.717) is 17.0 Å². The molecule has 0 spiro atoms. The zero-order chi connectivity index (χ0) is 21.6. The van der Waals surface area contributed by atoms with E-state index in [9.17, 15) is 19.7 Å². The smallest absolute Gasteiger partial charge is 0.437 e. The zero-order valence-corrected chi connectivity index (χ0v) is 16.1. The van der Waals surface area contributed by atoms with Crippen molar-refractivity contribution < 1.29 is 33.5 Å². The van der Waals surface area contributed by atoms with E-state index in [1.165, 1.54) is 18.2 Å². The number of dihydropyridines is 1. The third-order valence-electron chi connectivity index (χ3n) is 3.94. The van der Waals surface area contributed by atoms with E-state index in [2.05, 4.69) is 10.1 Å². The zero-order valence-electron chi connectivity index (χ0n) is 16.1. The van der Waals surface area contributed by atoms with Crippen molar-refractivity contribution in [3.05, 3.63) is 62.9 Å². The van der Waals surface area contributed by atoms with Crippen molar-refractivity contribution in [2.75, 3.05) is 20.3 Å². The molecular weight excluding hydrogens is 386 g/mol. The van der Waals surface area contributed by atoms with Crippen LogP contribution < -0.4 is 11.1 Å². The highest BCUT2D eigenvalue weighted by molar-refractivity contribution is 5.65. The first kappa shape index (κ1) is 21.7. The van der Waals surface area contributed by atoms with E-state index in [0.717, 1.165) is 7.11 Å². The fourth-order valence-corrected chi connectivity index (χ4v) is 2.74. The first-order valence-corrected chi connectivity index (χ1v) is 8.51. The lowest BCUT2D eigenvalue weighted by Crippen LogP contribution is -2.29. The molecule has 3 N–H and O–H groups in total. The van der Waals surface area contributed by atoms with Crippen LogP contribution in [0, 0.1) is 10.1 Å². The SMILES string of the molecule is COC(=O)OC1=C(C)NC(C)=C(OC(=O)OCCN)C1c1cccc([N+](=O)[O-])c1. The van der Waals surface area contributed by atoms with E-state index in [1.54, 1.807) is 19.9 Å². The van der Waals surface area contributed by atoms with Crippen molar-refractivity contribution >= 4 is 18.0 Å². The molecule has 1 aromatic rings. The standard InChI is InChI=1S/C18H21N3O8/c1-10-15(28-17(22)26-3)14(12-5-4-6-13(9-12)21(24)25)16(11(2)20-10)29-18(23)27-8-7-19/h4-6,9,14,20H,7-8,19H2,1-3H3. The van der Waals surface area contributed by atoms with Gasteiger partial charge >= 0.3 is 12.3 Å². The van der Waals surface area contributed by atoms with Crippen molar-refractivity contribution in [1.29, 1.82) is 0 Å². The molecular formula is C18H21N3O8. The Morgan fingerprint density at radius 2 is 1.79 bits per heavy atom. The molecule has 0 aromatic heterocycles. The van der Waals surface area contributed by atoms with Crippen molar-refractivity contribution in [2.45, 2.75) is 19.8 Å². The highest BCUT2D eigenvalue weighted by Gasteiger charge is 2.36. The lowest BCUT2D eigenvalue weighted by atomic mass is 9.90. The van der Waals surface area contributed by atoms with Gasteiger partial charge in [-0.25, -0.2) is 9.59 Å². The van der Waals surface area contributed by atoms with Gasteiger partial charge in [0.1, 0.15) is 24.0 Å². The number of nitro groups is 1. The Bertz CT molecular complexity index is 878. The number of nitrogens with one attached hydrogen (secondary N) is 1. The van der Waals surface area contributed by atoms with Crippen LogP contribution in [0.5, 0.6) is 0 Å². The first-order chi connectivity index (χ1) is 13.8. The predicted octanol–water partition coefficient (Wildman–Crippen LogP) is 2.64. The van der Waals surface area contributed by atoms with Gasteiger partial charge in [0.15, 0.2) is 0 Å². The molecule has 0 fully saturated rings. The molecule has 0 radical (unpaired) electrons. The maximum Gasteiger partial charge on any atom is 0.513 e. The number of nitro benzene ring substituents is 1. The third kappa shape index (κ3) is 5.23. The Hall–Kier alpha value is -3.60. The van der Waals surface area contributed by atoms with Crippen molar-refractivity contribution in [1.82, 2.24) is 5.32 Å². The van der Waals surface area contributed by atoms with Crippen LogP contribution in [0.1, 0.15) is 25.3 Å². The Morgan fingerprint density at radius 3 is 2.34 bits per heavy atom. The molecule has 0 saturated carbocycles. The second-order valence-electron chi connectivity index (χ2n) is 5.93. The van der Waals surface area contributed by atoms with Crippen molar-refractivity contribution in [3.63, 3.8) is 0 Å². The molecule has 0 aliphatic carbocycles. The van der Waals surface area contributed by atoms with Crippen LogP contribution in [0.2, 0.25) is 0 Å². The van der Waals surface area contributed by atoms with Gasteiger partial charge in [0.05, 0.1) is 23.4 Å². The Kier molecular flexibility index (Phi) is 7.15. The van der Waals surface area contributed by atoms with Crippen molar-refractivity contribution in [3.8, 4) is 0 Å². The van der Waals surface area contributed by atoms with E-state index >= 15 is 0 Å². The highest BCUT2D eigenvalue weighted by Crippen LogP contribution is 2.40. The van der Waals surface area contributed by atoms with Crippen LogP contribution in [0.3, 0.4) is 0 Å². The maximum absolute atomic E-state index is 12.0. The summed E-state index contributed by atoms with van der Waals surface area (Å²) >= 11 is 0. The predicted molar refractivity (Wildman–Crippen MR) is 99.4 cm³/mol. The van der Waals surface area contributed by atoms with Gasteiger partial charge in [0.2, 0.25) is 0 Å². The number of rotatable bonds is 6. The number of allylic oxidation sites excluding steroid dienone is 2. The molecule has 2 rings (SSSR count). The number of benzene rings is 1. The Morgan fingerprint density at radius 1 is 1.17 bits per heavy atom. The van der Waals surface area contributed by atoms with E-state index in [4.69, 9.17) is 19.9 Å². The van der Waals surface area contributed by atoms with Gasteiger partial charge in [-0.2, -0.15) is 0 Å². The molecule has 0 amide bonds. The van der Waals surface area contributed by atoms with Gasteiger partial charge in [-0.05, 0) is 19.4 Å². The molecule has 1 aromatic carbocycles. The molecule has 1 unspecified atom stereocenters.